The van der Waals surface area contributed by atoms with Gasteiger partial charge in [0.25, 0.3) is 0 Å². The van der Waals surface area contributed by atoms with Gasteiger partial charge in [-0.15, -0.1) is 0 Å². The van der Waals surface area contributed by atoms with Gasteiger partial charge in [-0.2, -0.15) is 5.10 Å². The molecule has 3 N–H and O–H groups in total. The second-order valence-electron chi connectivity index (χ2n) is 5.22. The second kappa shape index (κ2) is 6.35. The van der Waals surface area contributed by atoms with E-state index in [1.54, 1.807) is 0 Å². The summed E-state index contributed by atoms with van der Waals surface area (Å²) in [6.45, 7) is 5.01. The first kappa shape index (κ1) is 15.0. The molecule has 0 aliphatic carbocycles. The predicted octanol–water partition coefficient (Wildman–Crippen LogP) is 1.68. The number of halogens is 1. The Morgan fingerprint density at radius 1 is 1.63 bits per heavy atom. The number of hydrazine groups is 1. The van der Waals surface area contributed by atoms with Gasteiger partial charge in [0, 0.05) is 32.0 Å². The Balaban J connectivity index is 2.14. The molecular formula is C13H23BrN4O. The minimum Gasteiger partial charge on any atom is -0.378 e. The van der Waals surface area contributed by atoms with Gasteiger partial charge in [0.2, 0.25) is 0 Å². The average Bonchev–Trinajstić information content (AvgIpc) is 2.95. The average molecular weight is 331 g/mol. The monoisotopic (exact) mass is 330 g/mol. The van der Waals surface area contributed by atoms with Crippen molar-refractivity contribution in [3.05, 3.63) is 15.9 Å². The molecule has 1 aromatic rings. The first-order chi connectivity index (χ1) is 9.08. The molecule has 0 radical (unpaired) electrons. The van der Waals surface area contributed by atoms with E-state index in [1.165, 1.54) is 5.69 Å². The van der Waals surface area contributed by atoms with Gasteiger partial charge in [0.05, 0.1) is 22.0 Å². The fraction of sp³-hybridized carbons (Fsp3) is 0.769. The van der Waals surface area contributed by atoms with Crippen molar-refractivity contribution in [2.75, 3.05) is 6.61 Å². The molecule has 0 saturated carbocycles. The van der Waals surface area contributed by atoms with Crippen molar-refractivity contribution < 1.29 is 4.74 Å². The first-order valence-corrected chi connectivity index (χ1v) is 7.63. The van der Waals surface area contributed by atoms with Crippen LogP contribution < -0.4 is 11.3 Å². The van der Waals surface area contributed by atoms with E-state index >= 15 is 0 Å². The van der Waals surface area contributed by atoms with Crippen LogP contribution in [0.4, 0.5) is 0 Å². The largest absolute Gasteiger partial charge is 0.378 e. The van der Waals surface area contributed by atoms with E-state index in [9.17, 15) is 0 Å². The molecule has 0 aromatic carbocycles. The van der Waals surface area contributed by atoms with Crippen LogP contribution in [0.2, 0.25) is 0 Å². The molecule has 3 atom stereocenters. The number of aromatic nitrogens is 2. The van der Waals surface area contributed by atoms with Gasteiger partial charge in [0.1, 0.15) is 0 Å². The van der Waals surface area contributed by atoms with Crippen LogP contribution in [0.3, 0.4) is 0 Å². The Morgan fingerprint density at radius 2 is 2.37 bits per heavy atom. The summed E-state index contributed by atoms with van der Waals surface area (Å²) in [5.41, 5.74) is 5.18. The van der Waals surface area contributed by atoms with Gasteiger partial charge in [-0.1, -0.05) is 6.92 Å². The highest BCUT2D eigenvalue weighted by Crippen LogP contribution is 2.30. The van der Waals surface area contributed by atoms with Crippen LogP contribution in [-0.2, 0) is 18.2 Å². The Labute approximate surface area is 123 Å². The summed E-state index contributed by atoms with van der Waals surface area (Å²) in [6, 6.07) is 0.221. The topological polar surface area (TPSA) is 65.1 Å². The predicted molar refractivity (Wildman–Crippen MR) is 78.6 cm³/mol. The van der Waals surface area contributed by atoms with Crippen molar-refractivity contribution in [2.45, 2.75) is 45.3 Å². The van der Waals surface area contributed by atoms with E-state index in [0.717, 1.165) is 36.0 Å². The number of rotatable bonds is 5. The summed E-state index contributed by atoms with van der Waals surface area (Å²) in [5, 5.41) is 4.43. The van der Waals surface area contributed by atoms with Crippen LogP contribution in [0.15, 0.2) is 4.47 Å². The Bertz CT molecular complexity index is 435. The molecule has 2 rings (SSSR count). The lowest BCUT2D eigenvalue weighted by atomic mass is 9.89. The van der Waals surface area contributed by atoms with Gasteiger partial charge >= 0.3 is 0 Å². The number of ether oxygens (including phenoxy) is 1. The Kier molecular flexibility index (Phi) is 5.00. The maximum atomic E-state index is 5.77. The highest BCUT2D eigenvalue weighted by atomic mass is 79.9. The van der Waals surface area contributed by atoms with Crippen LogP contribution in [0.1, 0.15) is 31.2 Å². The summed E-state index contributed by atoms with van der Waals surface area (Å²) in [6.07, 6.45) is 3.28. The fourth-order valence-corrected chi connectivity index (χ4v) is 3.49. The third-order valence-electron chi connectivity index (χ3n) is 4.07. The number of hydrogen-bond donors (Lipinski definition) is 2. The molecule has 0 spiro atoms. The van der Waals surface area contributed by atoms with Crippen molar-refractivity contribution >= 4 is 15.9 Å². The smallest absolute Gasteiger partial charge is 0.0738 e. The van der Waals surface area contributed by atoms with Crippen LogP contribution in [0.5, 0.6) is 0 Å². The standard InChI is InChI=1S/C13H23BrN4O/c1-4-12-9(5-6-19-12)10(16-15)7-11-13(14)8(2)17-18(11)3/h9-10,12,16H,4-7,15H2,1-3H3. The van der Waals surface area contributed by atoms with Crippen molar-refractivity contribution in [3.63, 3.8) is 0 Å². The molecule has 1 aliphatic heterocycles. The molecule has 0 bridgehead atoms. The fourth-order valence-electron chi connectivity index (χ4n) is 2.99. The van der Waals surface area contributed by atoms with E-state index in [4.69, 9.17) is 10.6 Å². The third-order valence-corrected chi connectivity index (χ3v) is 5.10. The van der Waals surface area contributed by atoms with E-state index in [-0.39, 0.29) is 6.04 Å². The summed E-state index contributed by atoms with van der Waals surface area (Å²) < 4.78 is 8.79. The minimum atomic E-state index is 0.221. The lowest BCUT2D eigenvalue weighted by Crippen LogP contribution is -2.45. The van der Waals surface area contributed by atoms with Crippen molar-refractivity contribution in [1.82, 2.24) is 15.2 Å². The van der Waals surface area contributed by atoms with Crippen LogP contribution in [0.25, 0.3) is 0 Å². The molecule has 19 heavy (non-hydrogen) atoms. The molecule has 0 amide bonds. The second-order valence-corrected chi connectivity index (χ2v) is 6.01. The molecule has 5 nitrogen and oxygen atoms in total. The van der Waals surface area contributed by atoms with Gasteiger partial charge < -0.3 is 4.74 Å². The number of nitrogens with zero attached hydrogens (tertiary/aromatic N) is 2. The maximum Gasteiger partial charge on any atom is 0.0738 e. The number of aryl methyl sites for hydroxylation is 2. The van der Waals surface area contributed by atoms with Crippen LogP contribution in [-0.4, -0.2) is 28.5 Å². The summed E-state index contributed by atoms with van der Waals surface area (Å²) in [5.74, 6) is 6.24. The van der Waals surface area contributed by atoms with E-state index in [2.05, 4.69) is 33.4 Å². The third kappa shape index (κ3) is 3.02. The molecular weight excluding hydrogens is 308 g/mol. The van der Waals surface area contributed by atoms with Crippen molar-refractivity contribution in [3.8, 4) is 0 Å². The van der Waals surface area contributed by atoms with Crippen LogP contribution >= 0.6 is 15.9 Å². The molecule has 1 aliphatic rings. The molecule has 1 saturated heterocycles. The van der Waals surface area contributed by atoms with Gasteiger partial charge in [-0.3, -0.25) is 16.0 Å². The zero-order chi connectivity index (χ0) is 14.0. The highest BCUT2D eigenvalue weighted by molar-refractivity contribution is 9.10. The lowest BCUT2D eigenvalue weighted by molar-refractivity contribution is 0.0772. The van der Waals surface area contributed by atoms with Crippen molar-refractivity contribution in [2.24, 2.45) is 18.8 Å². The Morgan fingerprint density at radius 3 is 2.89 bits per heavy atom. The van der Waals surface area contributed by atoms with Crippen LogP contribution in [0, 0.1) is 12.8 Å². The molecule has 108 valence electrons. The maximum absolute atomic E-state index is 5.77. The van der Waals surface area contributed by atoms with Gasteiger partial charge in [-0.05, 0) is 35.7 Å². The zero-order valence-corrected chi connectivity index (χ0v) is 13.4. The zero-order valence-electron chi connectivity index (χ0n) is 11.8. The number of hydrogen-bond acceptors (Lipinski definition) is 4. The minimum absolute atomic E-state index is 0.221. The van der Waals surface area contributed by atoms with E-state index < -0.39 is 0 Å². The quantitative estimate of drug-likeness (QED) is 0.636. The lowest BCUT2D eigenvalue weighted by Gasteiger charge is -2.26. The van der Waals surface area contributed by atoms with Gasteiger partial charge in [0.15, 0.2) is 0 Å². The Hall–Kier alpha value is -0.430. The molecule has 3 unspecified atom stereocenters. The molecule has 1 aromatic heterocycles. The summed E-state index contributed by atoms with van der Waals surface area (Å²) in [4.78, 5) is 0. The first-order valence-electron chi connectivity index (χ1n) is 6.84. The SMILES string of the molecule is CCC1OCCC1C(Cc1c(Br)c(C)nn1C)NN. The van der Waals surface area contributed by atoms with Gasteiger partial charge in [-0.25, -0.2) is 0 Å². The number of nitrogens with one attached hydrogen (secondary N) is 1. The normalized spacial score (nSPS) is 24.9. The van der Waals surface area contributed by atoms with E-state index in [0.29, 0.717) is 12.0 Å². The van der Waals surface area contributed by atoms with E-state index in [1.807, 2.05) is 18.7 Å². The summed E-state index contributed by atoms with van der Waals surface area (Å²) >= 11 is 3.62. The molecule has 6 heteroatoms. The molecule has 1 fully saturated rings. The van der Waals surface area contributed by atoms with Crippen molar-refractivity contribution in [1.29, 1.82) is 0 Å². The molecule has 2 heterocycles. The number of nitrogens with two attached hydrogens (primary N) is 1. The highest BCUT2D eigenvalue weighted by Gasteiger charge is 2.34. The summed E-state index contributed by atoms with van der Waals surface area (Å²) in [7, 11) is 1.98.